The Balaban J connectivity index is 4.32. The van der Waals surface area contributed by atoms with Gasteiger partial charge in [-0.3, -0.25) is 0 Å². The first-order chi connectivity index (χ1) is 2.81. The monoisotopic (exact) mass is 156 g/mol. The van der Waals surface area contributed by atoms with E-state index < -0.39 is 0 Å². The quantitative estimate of drug-likeness (QED) is 0.484. The van der Waals surface area contributed by atoms with Crippen LogP contribution in [0.2, 0.25) is 0 Å². The van der Waals surface area contributed by atoms with Gasteiger partial charge in [-0.1, -0.05) is 7.81 Å². The smallest absolute Gasteiger partial charge is 0.0123 e. The van der Waals surface area contributed by atoms with Gasteiger partial charge in [-0.25, -0.2) is 0 Å². The lowest BCUT2D eigenvalue weighted by Gasteiger charge is -1.56. The molecule has 0 heterocycles. The molecule has 0 aliphatic carbocycles. The predicted octanol–water partition coefficient (Wildman–Crippen LogP) is 2.05. The molecular formula is C2H6P2S2. The Bertz CT molecular complexity index is 129. The van der Waals surface area contributed by atoms with Crippen molar-refractivity contribution in [3.8, 4) is 0 Å². The predicted molar refractivity (Wildman–Crippen MR) is 40.4 cm³/mol. The van der Waals surface area contributed by atoms with Gasteiger partial charge in [-0.2, -0.15) is 0 Å². The summed E-state index contributed by atoms with van der Waals surface area (Å²) in [6.07, 6.45) is 0. The molecular weight excluding hydrogens is 150 g/mol. The third kappa shape index (κ3) is 3.24. The maximum absolute atomic E-state index is 4.94. The van der Waals surface area contributed by atoms with E-state index in [2.05, 4.69) is 13.3 Å². The molecule has 0 unspecified atom stereocenters. The summed E-state index contributed by atoms with van der Waals surface area (Å²) < 4.78 is 0. The van der Waals surface area contributed by atoms with Crippen LogP contribution in [0, 0.1) is 0 Å². The highest BCUT2D eigenvalue weighted by Gasteiger charge is 1.47. The second kappa shape index (κ2) is 4.21. The number of hydrogen-bond donors (Lipinski definition) is 0. The SMILES string of the molecule is CP=S(=S)=PC. The molecule has 6 heavy (non-hydrogen) atoms. The van der Waals surface area contributed by atoms with Crippen LogP contribution in [0.1, 0.15) is 0 Å². The highest BCUT2D eigenvalue weighted by Crippen LogP contribution is 1.93. The van der Waals surface area contributed by atoms with Crippen LogP contribution in [0.3, 0.4) is 0 Å². The minimum Gasteiger partial charge on any atom is -0.0874 e. The van der Waals surface area contributed by atoms with E-state index in [0.29, 0.717) is 0 Å². The van der Waals surface area contributed by atoms with E-state index in [1.54, 1.807) is 0 Å². The van der Waals surface area contributed by atoms with Gasteiger partial charge in [0.2, 0.25) is 0 Å². The van der Waals surface area contributed by atoms with Gasteiger partial charge in [0.15, 0.2) is 0 Å². The first-order valence-corrected chi connectivity index (χ1v) is 7.47. The lowest BCUT2D eigenvalue weighted by Crippen LogP contribution is -1.26. The molecule has 4 heteroatoms. The molecule has 0 bridgehead atoms. The van der Waals surface area contributed by atoms with Gasteiger partial charge in [0.1, 0.15) is 0 Å². The molecule has 36 valence electrons. The molecule has 0 aliphatic heterocycles. The Morgan fingerprint density at radius 3 is 1.67 bits per heavy atom. The maximum Gasteiger partial charge on any atom is -0.0123 e. The van der Waals surface area contributed by atoms with Gasteiger partial charge >= 0.3 is 0 Å². The van der Waals surface area contributed by atoms with Crippen LogP contribution in [-0.4, -0.2) is 13.3 Å². The van der Waals surface area contributed by atoms with E-state index >= 15 is 0 Å². The van der Waals surface area contributed by atoms with Gasteiger partial charge in [-0.05, 0) is 39.2 Å². The number of hydrogen-bond acceptors (Lipinski definition) is 1. The Morgan fingerprint density at radius 1 is 1.33 bits per heavy atom. The molecule has 0 fully saturated rings. The lowest BCUT2D eigenvalue weighted by atomic mass is 12.0. The molecule has 0 saturated heterocycles. The summed E-state index contributed by atoms with van der Waals surface area (Å²) >= 11 is 4.94. The van der Waals surface area contributed by atoms with Crippen LogP contribution < -0.4 is 0 Å². The number of rotatable bonds is 0. The van der Waals surface area contributed by atoms with Crippen LogP contribution in [-0.2, 0) is 19.0 Å². The van der Waals surface area contributed by atoms with Gasteiger partial charge in [0, 0.05) is 0 Å². The molecule has 0 aliphatic rings. The zero-order chi connectivity index (χ0) is 4.99. The zero-order valence-electron chi connectivity index (χ0n) is 3.71. The molecule has 0 nitrogen and oxygen atoms in total. The van der Waals surface area contributed by atoms with Crippen molar-refractivity contribution in [2.24, 2.45) is 0 Å². The Kier molecular flexibility index (Phi) is 4.93. The lowest BCUT2D eigenvalue weighted by molar-refractivity contribution is 2.52. The van der Waals surface area contributed by atoms with Gasteiger partial charge in [0.05, 0.1) is 0 Å². The Hall–Kier alpha value is 1.04. The highest BCUT2D eigenvalue weighted by atomic mass is 33.1. The Labute approximate surface area is 47.4 Å². The van der Waals surface area contributed by atoms with Crippen molar-refractivity contribution in [1.29, 1.82) is 0 Å². The van der Waals surface area contributed by atoms with Gasteiger partial charge in [0.25, 0.3) is 0 Å². The second-order valence-electron chi connectivity index (χ2n) is 0.596. The molecule has 0 aromatic carbocycles. The van der Waals surface area contributed by atoms with E-state index in [4.69, 9.17) is 11.2 Å². The normalized spacial score (nSPS) is 9.67. The van der Waals surface area contributed by atoms with E-state index in [-0.39, 0.29) is 7.81 Å². The molecule has 0 radical (unpaired) electrons. The summed E-state index contributed by atoms with van der Waals surface area (Å²) in [5.74, 6) is 0. The summed E-state index contributed by atoms with van der Waals surface area (Å²) in [4.78, 5) is 0. The Morgan fingerprint density at radius 2 is 1.67 bits per heavy atom. The average molecular weight is 156 g/mol. The summed E-state index contributed by atoms with van der Waals surface area (Å²) in [7, 11) is 2.96. The molecule has 0 aromatic rings. The molecule has 0 spiro atoms. The van der Waals surface area contributed by atoms with Crippen LogP contribution in [0.25, 0.3) is 0 Å². The van der Waals surface area contributed by atoms with Crippen LogP contribution in [0.5, 0.6) is 0 Å². The van der Waals surface area contributed by atoms with Crippen molar-refractivity contribution in [3.63, 3.8) is 0 Å². The minimum absolute atomic E-state index is 0.244. The maximum atomic E-state index is 4.94. The second-order valence-corrected chi connectivity index (χ2v) is 9.52. The van der Waals surface area contributed by atoms with E-state index in [1.807, 2.05) is 0 Å². The molecule has 0 N–H and O–H groups in total. The largest absolute Gasteiger partial charge is 0.0874 e. The van der Waals surface area contributed by atoms with Crippen molar-refractivity contribution < 1.29 is 0 Å². The van der Waals surface area contributed by atoms with E-state index in [0.717, 1.165) is 0 Å². The first kappa shape index (κ1) is 7.04. The average Bonchev–Trinajstić information content (AvgIpc) is 1.65. The summed E-state index contributed by atoms with van der Waals surface area (Å²) in [6, 6.07) is 0. The van der Waals surface area contributed by atoms with E-state index in [9.17, 15) is 0 Å². The summed E-state index contributed by atoms with van der Waals surface area (Å²) in [5.41, 5.74) is 0. The van der Waals surface area contributed by atoms with Crippen molar-refractivity contribution in [3.05, 3.63) is 0 Å². The van der Waals surface area contributed by atoms with Crippen LogP contribution >= 0.6 is 14.7 Å². The van der Waals surface area contributed by atoms with E-state index in [1.165, 1.54) is 14.7 Å². The van der Waals surface area contributed by atoms with Crippen LogP contribution in [0.15, 0.2) is 0 Å². The standard InChI is InChI=1S/C2H6P2S2/c1-3-6(5)4-2/h1-2H3. The third-order valence-corrected chi connectivity index (χ3v) is 8.43. The molecule has 0 amide bonds. The van der Waals surface area contributed by atoms with Crippen molar-refractivity contribution >= 4 is 33.7 Å². The highest BCUT2D eigenvalue weighted by molar-refractivity contribution is 8.51. The topological polar surface area (TPSA) is 0 Å². The molecule has 0 aromatic heterocycles. The van der Waals surface area contributed by atoms with Crippen LogP contribution in [0.4, 0.5) is 0 Å². The minimum atomic E-state index is 0.244. The molecule has 0 saturated carbocycles. The van der Waals surface area contributed by atoms with Gasteiger partial charge < -0.3 is 0 Å². The summed E-state index contributed by atoms with van der Waals surface area (Å²) in [6.45, 7) is 4.21. The molecule has 0 rings (SSSR count). The fourth-order valence-electron chi connectivity index (χ4n) is 0.0816. The third-order valence-electron chi connectivity index (χ3n) is 0.312. The van der Waals surface area contributed by atoms with Crippen molar-refractivity contribution in [2.75, 3.05) is 13.3 Å². The fourth-order valence-corrected chi connectivity index (χ4v) is 2.20. The van der Waals surface area contributed by atoms with Crippen molar-refractivity contribution in [1.82, 2.24) is 0 Å². The zero-order valence-corrected chi connectivity index (χ0v) is 7.13. The summed E-state index contributed by atoms with van der Waals surface area (Å²) in [5, 5.41) is 0. The van der Waals surface area contributed by atoms with Gasteiger partial charge in [-0.15, -0.1) is 0 Å². The van der Waals surface area contributed by atoms with Crippen molar-refractivity contribution in [2.45, 2.75) is 0 Å². The molecule has 0 atom stereocenters. The first-order valence-electron chi connectivity index (χ1n) is 1.43. The fraction of sp³-hybridized carbons (Fsp3) is 1.00.